The molecule has 20 heavy (non-hydrogen) atoms. The minimum absolute atomic E-state index is 0.321. The van der Waals surface area contributed by atoms with Crippen molar-refractivity contribution in [2.24, 2.45) is 0 Å². The first kappa shape index (κ1) is 14.2. The largest absolute Gasteiger partial charge is 0.462 e. The number of esters is 1. The first-order valence-corrected chi connectivity index (χ1v) is 6.48. The van der Waals surface area contributed by atoms with E-state index in [9.17, 15) is 4.79 Å². The molecule has 104 valence electrons. The number of carbonyl (C=O) groups is 1. The highest BCUT2D eigenvalue weighted by atomic mass is 35.5. The Morgan fingerprint density at radius 1 is 1.20 bits per heavy atom. The molecule has 2 N–H and O–H groups in total. The fourth-order valence-electron chi connectivity index (χ4n) is 1.61. The topological polar surface area (TPSA) is 61.5 Å². The van der Waals surface area contributed by atoms with E-state index in [4.69, 9.17) is 26.8 Å². The monoisotopic (exact) mass is 291 g/mol. The summed E-state index contributed by atoms with van der Waals surface area (Å²) in [5.74, 6) is 0.683. The number of hydrogen-bond donors (Lipinski definition) is 1. The number of nitrogens with two attached hydrogens (primary N) is 1. The fraction of sp³-hybridized carbons (Fsp3) is 0.133. The van der Waals surface area contributed by atoms with Gasteiger partial charge in [0.25, 0.3) is 0 Å². The Hall–Kier alpha value is -2.20. The number of nitrogen functional groups attached to an aromatic ring is 1. The summed E-state index contributed by atoms with van der Waals surface area (Å²) in [5, 5.41) is 0.628. The molecule has 0 unspecified atom stereocenters. The van der Waals surface area contributed by atoms with E-state index in [0.717, 1.165) is 0 Å². The molecule has 5 heteroatoms. The zero-order valence-corrected chi connectivity index (χ0v) is 11.7. The summed E-state index contributed by atoms with van der Waals surface area (Å²) >= 11 is 5.80. The highest BCUT2D eigenvalue weighted by molar-refractivity contribution is 6.30. The number of carbonyl (C=O) groups excluding carboxylic acids is 1. The Labute approximate surface area is 122 Å². The highest BCUT2D eigenvalue weighted by Crippen LogP contribution is 2.29. The lowest BCUT2D eigenvalue weighted by Crippen LogP contribution is -2.05. The Bertz CT molecular complexity index is 611. The van der Waals surface area contributed by atoms with Gasteiger partial charge < -0.3 is 15.2 Å². The molecule has 0 spiro atoms. The molecule has 0 aliphatic carbocycles. The van der Waals surface area contributed by atoms with E-state index >= 15 is 0 Å². The van der Waals surface area contributed by atoms with Crippen LogP contribution in [0.1, 0.15) is 17.3 Å². The molecule has 0 fully saturated rings. The summed E-state index contributed by atoms with van der Waals surface area (Å²) in [5.41, 5.74) is 6.64. The number of anilines is 1. The van der Waals surface area contributed by atoms with Gasteiger partial charge in [-0.25, -0.2) is 4.79 Å². The van der Waals surface area contributed by atoms with Crippen molar-refractivity contribution in [3.8, 4) is 11.5 Å². The second kappa shape index (κ2) is 6.30. The van der Waals surface area contributed by atoms with Crippen molar-refractivity contribution in [3.63, 3.8) is 0 Å². The van der Waals surface area contributed by atoms with Crippen LogP contribution in [0.3, 0.4) is 0 Å². The lowest BCUT2D eigenvalue weighted by molar-refractivity contribution is 0.0526. The first-order valence-electron chi connectivity index (χ1n) is 6.10. The number of rotatable bonds is 4. The van der Waals surface area contributed by atoms with Crippen LogP contribution in [0, 0.1) is 0 Å². The zero-order chi connectivity index (χ0) is 14.5. The van der Waals surface area contributed by atoms with Gasteiger partial charge in [-0.05, 0) is 49.4 Å². The molecule has 0 aliphatic rings. The van der Waals surface area contributed by atoms with Gasteiger partial charge in [-0.2, -0.15) is 0 Å². The molecule has 2 aromatic carbocycles. The van der Waals surface area contributed by atoms with Crippen LogP contribution in [-0.2, 0) is 4.74 Å². The summed E-state index contributed by atoms with van der Waals surface area (Å²) in [6.45, 7) is 2.07. The summed E-state index contributed by atoms with van der Waals surface area (Å²) in [7, 11) is 0. The Balaban J connectivity index is 2.17. The smallest absolute Gasteiger partial charge is 0.338 e. The average Bonchev–Trinajstić information content (AvgIpc) is 2.43. The minimum Gasteiger partial charge on any atom is -0.462 e. The van der Waals surface area contributed by atoms with Crippen LogP contribution in [0.15, 0.2) is 42.5 Å². The molecule has 0 radical (unpaired) electrons. The van der Waals surface area contributed by atoms with Gasteiger partial charge in [-0.3, -0.25) is 0 Å². The second-order valence-electron chi connectivity index (χ2n) is 4.03. The maximum Gasteiger partial charge on any atom is 0.338 e. The number of hydrogen-bond acceptors (Lipinski definition) is 4. The van der Waals surface area contributed by atoms with E-state index in [0.29, 0.717) is 34.4 Å². The third-order valence-electron chi connectivity index (χ3n) is 2.56. The van der Waals surface area contributed by atoms with Crippen LogP contribution in [0.2, 0.25) is 5.02 Å². The van der Waals surface area contributed by atoms with Crippen LogP contribution in [-0.4, -0.2) is 12.6 Å². The number of benzene rings is 2. The standard InChI is InChI=1S/C15H14ClNO3/c1-2-19-15(18)10-3-8-14(13(17)9-10)20-12-6-4-11(16)5-7-12/h3-9H,2,17H2,1H3. The van der Waals surface area contributed by atoms with E-state index in [1.54, 1.807) is 43.3 Å². The molecular weight excluding hydrogens is 278 g/mol. The second-order valence-corrected chi connectivity index (χ2v) is 4.47. The summed E-state index contributed by atoms with van der Waals surface area (Å²) in [6, 6.07) is 11.7. The van der Waals surface area contributed by atoms with Crippen molar-refractivity contribution in [3.05, 3.63) is 53.1 Å². The van der Waals surface area contributed by atoms with E-state index in [-0.39, 0.29) is 0 Å². The van der Waals surface area contributed by atoms with Crippen molar-refractivity contribution in [1.82, 2.24) is 0 Å². The molecule has 0 bridgehead atoms. The summed E-state index contributed by atoms with van der Waals surface area (Å²) < 4.78 is 10.5. The van der Waals surface area contributed by atoms with Crippen LogP contribution >= 0.6 is 11.6 Å². The minimum atomic E-state index is -0.405. The lowest BCUT2D eigenvalue weighted by atomic mass is 10.2. The van der Waals surface area contributed by atoms with E-state index in [2.05, 4.69) is 0 Å². The van der Waals surface area contributed by atoms with Gasteiger partial charge in [-0.1, -0.05) is 11.6 Å². The van der Waals surface area contributed by atoms with Gasteiger partial charge in [0.2, 0.25) is 0 Å². The average molecular weight is 292 g/mol. The van der Waals surface area contributed by atoms with Crippen molar-refractivity contribution in [1.29, 1.82) is 0 Å². The molecule has 0 aromatic heterocycles. The SMILES string of the molecule is CCOC(=O)c1ccc(Oc2ccc(Cl)cc2)c(N)c1. The molecular formula is C15H14ClNO3. The van der Waals surface area contributed by atoms with Crippen LogP contribution in [0.5, 0.6) is 11.5 Å². The van der Waals surface area contributed by atoms with E-state index in [1.165, 1.54) is 6.07 Å². The fourth-order valence-corrected chi connectivity index (χ4v) is 1.74. The van der Waals surface area contributed by atoms with Gasteiger partial charge >= 0.3 is 5.97 Å². The zero-order valence-electron chi connectivity index (χ0n) is 10.9. The van der Waals surface area contributed by atoms with E-state index in [1.807, 2.05) is 0 Å². The highest BCUT2D eigenvalue weighted by Gasteiger charge is 2.10. The third kappa shape index (κ3) is 3.42. The first-order chi connectivity index (χ1) is 9.60. The molecule has 2 rings (SSSR count). The molecule has 0 amide bonds. The quantitative estimate of drug-likeness (QED) is 0.686. The molecule has 2 aromatic rings. The Morgan fingerprint density at radius 3 is 2.50 bits per heavy atom. The van der Waals surface area contributed by atoms with Gasteiger partial charge in [0, 0.05) is 5.02 Å². The molecule has 0 atom stereocenters. The predicted molar refractivity (Wildman–Crippen MR) is 78.3 cm³/mol. The molecule has 0 heterocycles. The van der Waals surface area contributed by atoms with Crippen molar-refractivity contribution < 1.29 is 14.3 Å². The summed E-state index contributed by atoms with van der Waals surface area (Å²) in [4.78, 5) is 11.6. The Kier molecular flexibility index (Phi) is 4.48. The van der Waals surface area contributed by atoms with Gasteiger partial charge in [0.1, 0.15) is 11.5 Å². The maximum atomic E-state index is 11.6. The van der Waals surface area contributed by atoms with E-state index < -0.39 is 5.97 Å². The molecule has 0 aliphatic heterocycles. The van der Waals surface area contributed by atoms with Crippen molar-refractivity contribution in [2.45, 2.75) is 6.92 Å². The van der Waals surface area contributed by atoms with Crippen molar-refractivity contribution in [2.75, 3.05) is 12.3 Å². The van der Waals surface area contributed by atoms with Crippen molar-refractivity contribution >= 4 is 23.3 Å². The maximum absolute atomic E-state index is 11.6. The van der Waals surface area contributed by atoms with Crippen LogP contribution in [0.25, 0.3) is 0 Å². The molecule has 4 nitrogen and oxygen atoms in total. The van der Waals surface area contributed by atoms with Gasteiger partial charge in [-0.15, -0.1) is 0 Å². The number of ether oxygens (including phenoxy) is 2. The molecule has 0 saturated heterocycles. The number of halogens is 1. The predicted octanol–water partition coefficient (Wildman–Crippen LogP) is 3.89. The third-order valence-corrected chi connectivity index (χ3v) is 2.81. The Morgan fingerprint density at radius 2 is 1.90 bits per heavy atom. The van der Waals surface area contributed by atoms with Gasteiger partial charge in [0.15, 0.2) is 0 Å². The van der Waals surface area contributed by atoms with Crippen LogP contribution in [0.4, 0.5) is 5.69 Å². The normalized spacial score (nSPS) is 10.1. The lowest BCUT2D eigenvalue weighted by Gasteiger charge is -2.10. The molecule has 0 saturated carbocycles. The summed E-state index contributed by atoms with van der Waals surface area (Å²) in [6.07, 6.45) is 0. The van der Waals surface area contributed by atoms with Gasteiger partial charge in [0.05, 0.1) is 17.9 Å². The van der Waals surface area contributed by atoms with Crippen LogP contribution < -0.4 is 10.5 Å².